The molecular weight excluding hydrogens is 300 g/mol. The van der Waals surface area contributed by atoms with Crippen molar-refractivity contribution in [2.24, 2.45) is 5.73 Å². The highest BCUT2D eigenvalue weighted by molar-refractivity contribution is 7.89. The summed E-state index contributed by atoms with van der Waals surface area (Å²) >= 11 is 4.74. The number of sulfonamides is 1. The van der Waals surface area contributed by atoms with Crippen molar-refractivity contribution in [3.05, 3.63) is 24.0 Å². The fourth-order valence-corrected chi connectivity index (χ4v) is 2.59. The first-order valence-electron chi connectivity index (χ1n) is 5.78. The van der Waals surface area contributed by atoms with Gasteiger partial charge in [-0.1, -0.05) is 12.2 Å². The van der Waals surface area contributed by atoms with Gasteiger partial charge in [-0.05, 0) is 19.1 Å². The predicted octanol–water partition coefficient (Wildman–Crippen LogP) is -0.528. The van der Waals surface area contributed by atoms with E-state index in [0.717, 1.165) is 10.5 Å². The molecule has 1 rings (SSSR count). The maximum absolute atomic E-state index is 12.2. The molecule has 0 unspecified atom stereocenters. The van der Waals surface area contributed by atoms with E-state index in [1.165, 1.54) is 19.2 Å². The van der Waals surface area contributed by atoms with Crippen LogP contribution in [0.25, 0.3) is 0 Å². The summed E-state index contributed by atoms with van der Waals surface area (Å²) in [6, 6.07) is 2.78. The molecule has 1 amide bonds. The summed E-state index contributed by atoms with van der Waals surface area (Å²) in [6.07, 6.45) is 1.16. The van der Waals surface area contributed by atoms with Crippen LogP contribution in [0.4, 0.5) is 0 Å². The minimum absolute atomic E-state index is 0.0238. The smallest absolute Gasteiger partial charge is 0.244 e. The van der Waals surface area contributed by atoms with Crippen LogP contribution in [0.3, 0.4) is 0 Å². The fourth-order valence-electron chi connectivity index (χ4n) is 1.40. The maximum atomic E-state index is 12.2. The number of carbonyl (C=O) groups is 1. The Kier molecular flexibility index (Phi) is 5.54. The number of hydrogen-bond donors (Lipinski definition) is 2. The lowest BCUT2D eigenvalue weighted by Gasteiger charge is -2.16. The highest BCUT2D eigenvalue weighted by Crippen LogP contribution is 2.13. The van der Waals surface area contributed by atoms with E-state index in [4.69, 9.17) is 18.0 Å². The largest absolute Gasteiger partial charge is 0.388 e. The van der Waals surface area contributed by atoms with Gasteiger partial charge in [-0.2, -0.15) is 4.31 Å². The molecule has 20 heavy (non-hydrogen) atoms. The predicted molar refractivity (Wildman–Crippen MR) is 78.6 cm³/mol. The molecule has 1 aromatic heterocycles. The Morgan fingerprint density at radius 3 is 2.60 bits per heavy atom. The van der Waals surface area contributed by atoms with Gasteiger partial charge in [0.25, 0.3) is 0 Å². The Labute approximate surface area is 123 Å². The van der Waals surface area contributed by atoms with E-state index in [-0.39, 0.29) is 22.3 Å². The van der Waals surface area contributed by atoms with Gasteiger partial charge in [-0.25, -0.2) is 8.42 Å². The van der Waals surface area contributed by atoms with Crippen LogP contribution >= 0.6 is 12.2 Å². The summed E-state index contributed by atoms with van der Waals surface area (Å²) in [7, 11) is -2.44. The Balaban J connectivity index is 2.92. The molecule has 7 nitrogen and oxygen atoms in total. The molecule has 0 saturated carbocycles. The summed E-state index contributed by atoms with van der Waals surface area (Å²) in [4.78, 5) is 15.3. The normalized spacial score (nSPS) is 11.3. The van der Waals surface area contributed by atoms with E-state index in [0.29, 0.717) is 12.2 Å². The zero-order valence-electron chi connectivity index (χ0n) is 11.2. The minimum Gasteiger partial charge on any atom is -0.388 e. The first-order chi connectivity index (χ1) is 9.28. The number of pyridine rings is 1. The number of rotatable bonds is 6. The van der Waals surface area contributed by atoms with E-state index in [9.17, 15) is 13.2 Å². The van der Waals surface area contributed by atoms with Gasteiger partial charge in [0.1, 0.15) is 9.88 Å². The van der Waals surface area contributed by atoms with Gasteiger partial charge in [-0.3, -0.25) is 9.78 Å². The second-order valence-electron chi connectivity index (χ2n) is 3.96. The molecule has 9 heteroatoms. The number of thiocarbonyl (C=S) groups is 1. The zero-order chi connectivity index (χ0) is 15.3. The molecule has 1 heterocycles. The first kappa shape index (κ1) is 16.5. The summed E-state index contributed by atoms with van der Waals surface area (Å²) in [5.41, 5.74) is 5.73. The van der Waals surface area contributed by atoms with Gasteiger partial charge in [0.2, 0.25) is 15.9 Å². The number of carbonyl (C=O) groups excluding carboxylic acids is 1. The molecule has 0 bridgehead atoms. The maximum Gasteiger partial charge on any atom is 0.244 e. The fraction of sp³-hybridized carbons (Fsp3) is 0.364. The average Bonchev–Trinajstić information content (AvgIpc) is 2.38. The molecule has 0 aliphatic rings. The zero-order valence-corrected chi connectivity index (χ0v) is 12.8. The van der Waals surface area contributed by atoms with E-state index in [1.54, 1.807) is 6.92 Å². The van der Waals surface area contributed by atoms with Gasteiger partial charge >= 0.3 is 0 Å². The van der Waals surface area contributed by atoms with Crippen LogP contribution in [0.15, 0.2) is 23.2 Å². The molecule has 0 fully saturated rings. The summed E-state index contributed by atoms with van der Waals surface area (Å²) < 4.78 is 25.3. The number of nitrogens with zero attached hydrogens (tertiary/aromatic N) is 2. The molecule has 3 N–H and O–H groups in total. The lowest BCUT2D eigenvalue weighted by atomic mass is 10.3. The molecule has 110 valence electrons. The quantitative estimate of drug-likeness (QED) is 0.684. The average molecular weight is 316 g/mol. The molecular formula is C11H16N4O3S2. The summed E-state index contributed by atoms with van der Waals surface area (Å²) in [6.45, 7) is 1.94. The van der Waals surface area contributed by atoms with Gasteiger partial charge < -0.3 is 11.1 Å². The van der Waals surface area contributed by atoms with Gasteiger partial charge in [-0.15, -0.1) is 0 Å². The molecule has 1 aromatic rings. The SMILES string of the molecule is CCNC(=O)CN(C)S(=O)(=O)c1ccc(C(N)=S)nc1. The molecule has 0 atom stereocenters. The number of hydrogen-bond acceptors (Lipinski definition) is 5. The van der Waals surface area contributed by atoms with Crippen LogP contribution in [0.1, 0.15) is 12.6 Å². The van der Waals surface area contributed by atoms with Crippen molar-refractivity contribution >= 4 is 33.1 Å². The van der Waals surface area contributed by atoms with Crippen molar-refractivity contribution in [1.82, 2.24) is 14.6 Å². The Morgan fingerprint density at radius 2 is 2.15 bits per heavy atom. The highest BCUT2D eigenvalue weighted by atomic mass is 32.2. The first-order valence-corrected chi connectivity index (χ1v) is 7.62. The van der Waals surface area contributed by atoms with Gasteiger partial charge in [0.05, 0.1) is 12.2 Å². The highest BCUT2D eigenvalue weighted by Gasteiger charge is 2.23. The van der Waals surface area contributed by atoms with Crippen LogP contribution in [0, 0.1) is 0 Å². The molecule has 0 saturated heterocycles. The van der Waals surface area contributed by atoms with Crippen molar-refractivity contribution in [3.8, 4) is 0 Å². The standard InChI is InChI=1S/C11H16N4O3S2/c1-3-13-10(16)7-15(2)20(17,18)8-4-5-9(11(12)19)14-6-8/h4-6H,3,7H2,1-2H3,(H2,12,19)(H,13,16). The molecule has 0 spiro atoms. The molecule has 0 radical (unpaired) electrons. The monoisotopic (exact) mass is 316 g/mol. The number of aromatic nitrogens is 1. The van der Waals surface area contributed by atoms with Gasteiger partial charge in [0.15, 0.2) is 0 Å². The van der Waals surface area contributed by atoms with Crippen LogP contribution in [-0.4, -0.2) is 48.7 Å². The third kappa shape index (κ3) is 3.95. The number of nitrogens with two attached hydrogens (primary N) is 1. The van der Waals surface area contributed by atoms with Crippen LogP contribution in [-0.2, 0) is 14.8 Å². The van der Waals surface area contributed by atoms with Crippen molar-refractivity contribution in [2.45, 2.75) is 11.8 Å². The van der Waals surface area contributed by atoms with E-state index < -0.39 is 10.0 Å². The minimum atomic E-state index is -3.77. The molecule has 0 aliphatic heterocycles. The molecule has 0 aromatic carbocycles. The van der Waals surface area contributed by atoms with E-state index in [1.807, 2.05) is 0 Å². The Morgan fingerprint density at radius 1 is 1.50 bits per heavy atom. The van der Waals surface area contributed by atoms with Crippen molar-refractivity contribution in [1.29, 1.82) is 0 Å². The summed E-state index contributed by atoms with van der Waals surface area (Å²) in [5, 5.41) is 2.53. The van der Waals surface area contributed by atoms with Crippen molar-refractivity contribution in [2.75, 3.05) is 20.1 Å². The van der Waals surface area contributed by atoms with Crippen LogP contribution in [0.2, 0.25) is 0 Å². The van der Waals surface area contributed by atoms with E-state index in [2.05, 4.69) is 10.3 Å². The Bertz CT molecular complexity index is 599. The lowest BCUT2D eigenvalue weighted by Crippen LogP contribution is -2.38. The van der Waals surface area contributed by atoms with E-state index >= 15 is 0 Å². The topological polar surface area (TPSA) is 105 Å². The third-order valence-corrected chi connectivity index (χ3v) is 4.43. The third-order valence-electron chi connectivity index (χ3n) is 2.44. The number of nitrogens with one attached hydrogen (secondary N) is 1. The second-order valence-corrected chi connectivity index (χ2v) is 6.44. The Hall–Kier alpha value is -1.58. The second kappa shape index (κ2) is 6.73. The summed E-state index contributed by atoms with van der Waals surface area (Å²) in [5.74, 6) is -0.369. The van der Waals surface area contributed by atoms with Crippen LogP contribution < -0.4 is 11.1 Å². The molecule has 0 aliphatic carbocycles. The lowest BCUT2D eigenvalue weighted by molar-refractivity contribution is -0.121. The van der Waals surface area contributed by atoms with Crippen molar-refractivity contribution < 1.29 is 13.2 Å². The van der Waals surface area contributed by atoms with Crippen LogP contribution in [0.5, 0.6) is 0 Å². The number of amides is 1. The van der Waals surface area contributed by atoms with Gasteiger partial charge in [0, 0.05) is 19.8 Å². The van der Waals surface area contributed by atoms with Crippen molar-refractivity contribution in [3.63, 3.8) is 0 Å². The number of likely N-dealkylation sites (N-methyl/N-ethyl adjacent to an activating group) is 2.